The van der Waals surface area contributed by atoms with Crippen molar-refractivity contribution >= 4 is 0 Å². The van der Waals surface area contributed by atoms with Crippen molar-refractivity contribution in [3.8, 4) is 0 Å². The van der Waals surface area contributed by atoms with E-state index in [9.17, 15) is 0 Å². The molecule has 0 unspecified atom stereocenters. The average molecular weight is 222 g/mol. The van der Waals surface area contributed by atoms with Crippen LogP contribution in [0.1, 0.15) is 56.1 Å². The van der Waals surface area contributed by atoms with Crippen LogP contribution in [0.3, 0.4) is 0 Å². The van der Waals surface area contributed by atoms with Gasteiger partial charge in [-0.3, -0.25) is 0 Å². The van der Waals surface area contributed by atoms with Crippen LogP contribution < -0.4 is 5.73 Å². The molecule has 0 bridgehead atoms. The average Bonchev–Trinajstić information content (AvgIpc) is 2.49. The van der Waals surface area contributed by atoms with Gasteiger partial charge < -0.3 is 10.3 Å². The first-order valence-corrected chi connectivity index (χ1v) is 6.45. The lowest BCUT2D eigenvalue weighted by Crippen LogP contribution is -2.05. The largest absolute Gasteiger partial charge is 0.346 e. The van der Waals surface area contributed by atoms with Gasteiger partial charge in [-0.2, -0.15) is 0 Å². The first kappa shape index (κ1) is 13.3. The Balaban J connectivity index is 2.64. The fourth-order valence-corrected chi connectivity index (χ4v) is 2.53. The van der Waals surface area contributed by atoms with E-state index < -0.39 is 0 Å². The van der Waals surface area contributed by atoms with Crippen molar-refractivity contribution < 1.29 is 0 Å². The summed E-state index contributed by atoms with van der Waals surface area (Å²) in [5.74, 6) is 0. The Kier molecular flexibility index (Phi) is 5.07. The molecule has 1 rings (SSSR count). The minimum absolute atomic E-state index is 0.567. The number of hydrogen-bond donors (Lipinski definition) is 1. The van der Waals surface area contributed by atoms with Gasteiger partial charge >= 0.3 is 0 Å². The fourth-order valence-electron chi connectivity index (χ4n) is 2.53. The van der Waals surface area contributed by atoms with Gasteiger partial charge in [0.2, 0.25) is 0 Å². The molecule has 0 aliphatic heterocycles. The normalized spacial score (nSPS) is 11.4. The molecule has 2 heteroatoms. The second-order valence-corrected chi connectivity index (χ2v) is 4.96. The van der Waals surface area contributed by atoms with E-state index in [0.29, 0.717) is 6.04 Å². The molecule has 1 heterocycles. The Hall–Kier alpha value is -0.760. The van der Waals surface area contributed by atoms with Crippen LogP contribution in [0.2, 0.25) is 0 Å². The summed E-state index contributed by atoms with van der Waals surface area (Å²) in [5, 5.41) is 0. The predicted molar refractivity (Wildman–Crippen MR) is 70.9 cm³/mol. The Bertz CT molecular complexity index is 324. The molecule has 0 fully saturated rings. The second kappa shape index (κ2) is 6.09. The summed E-state index contributed by atoms with van der Waals surface area (Å²) in [6.45, 7) is 9.77. The maximum Gasteiger partial charge on any atom is 0.0279 e. The number of hydrogen-bond acceptors (Lipinski definition) is 1. The van der Waals surface area contributed by atoms with E-state index in [0.717, 1.165) is 13.0 Å². The SMILES string of the molecule is Cc1cc(CCCCCN)c(C)n1C(C)C. The lowest BCUT2D eigenvalue weighted by Gasteiger charge is -2.13. The molecule has 0 spiro atoms. The Morgan fingerprint density at radius 3 is 2.38 bits per heavy atom. The van der Waals surface area contributed by atoms with Gasteiger partial charge in [0.1, 0.15) is 0 Å². The number of unbranched alkanes of at least 4 members (excludes halogenated alkanes) is 2. The summed E-state index contributed by atoms with van der Waals surface area (Å²) in [6, 6.07) is 2.91. The lowest BCUT2D eigenvalue weighted by atomic mass is 10.1. The molecule has 16 heavy (non-hydrogen) atoms. The highest BCUT2D eigenvalue weighted by atomic mass is 15.0. The van der Waals surface area contributed by atoms with E-state index in [4.69, 9.17) is 5.73 Å². The third kappa shape index (κ3) is 3.11. The van der Waals surface area contributed by atoms with Crippen molar-refractivity contribution in [1.82, 2.24) is 4.57 Å². The number of nitrogens with zero attached hydrogens (tertiary/aromatic N) is 1. The van der Waals surface area contributed by atoms with Gasteiger partial charge in [0.25, 0.3) is 0 Å². The number of rotatable bonds is 6. The number of nitrogens with two attached hydrogens (primary N) is 1. The van der Waals surface area contributed by atoms with Gasteiger partial charge in [0, 0.05) is 17.4 Å². The Morgan fingerprint density at radius 2 is 1.88 bits per heavy atom. The molecular formula is C14H26N2. The number of aromatic nitrogens is 1. The van der Waals surface area contributed by atoms with Crippen LogP contribution in [-0.2, 0) is 6.42 Å². The van der Waals surface area contributed by atoms with Gasteiger partial charge in [-0.05, 0) is 65.1 Å². The van der Waals surface area contributed by atoms with Crippen LogP contribution in [-0.4, -0.2) is 11.1 Å². The molecule has 92 valence electrons. The summed E-state index contributed by atoms with van der Waals surface area (Å²) in [4.78, 5) is 0. The van der Waals surface area contributed by atoms with Crippen molar-refractivity contribution in [2.45, 2.75) is 59.4 Å². The van der Waals surface area contributed by atoms with E-state index >= 15 is 0 Å². The molecule has 0 aromatic carbocycles. The van der Waals surface area contributed by atoms with Crippen molar-refractivity contribution in [3.63, 3.8) is 0 Å². The van der Waals surface area contributed by atoms with E-state index in [1.165, 1.54) is 36.2 Å². The maximum atomic E-state index is 5.50. The van der Waals surface area contributed by atoms with Gasteiger partial charge in [0.05, 0.1) is 0 Å². The summed E-state index contributed by atoms with van der Waals surface area (Å²) < 4.78 is 2.43. The van der Waals surface area contributed by atoms with Gasteiger partial charge in [0.15, 0.2) is 0 Å². The van der Waals surface area contributed by atoms with Crippen molar-refractivity contribution in [1.29, 1.82) is 0 Å². The minimum atomic E-state index is 0.567. The molecule has 1 aromatic rings. The summed E-state index contributed by atoms with van der Waals surface area (Å²) in [6.07, 6.45) is 4.87. The zero-order valence-corrected chi connectivity index (χ0v) is 11.2. The van der Waals surface area contributed by atoms with Crippen LogP contribution in [0.15, 0.2) is 6.07 Å². The fraction of sp³-hybridized carbons (Fsp3) is 0.714. The molecule has 0 aliphatic rings. The zero-order chi connectivity index (χ0) is 12.1. The molecule has 0 atom stereocenters. The smallest absolute Gasteiger partial charge is 0.0279 e. The van der Waals surface area contributed by atoms with Crippen molar-refractivity contribution in [2.24, 2.45) is 5.73 Å². The third-order valence-corrected chi connectivity index (χ3v) is 3.26. The molecule has 1 aromatic heterocycles. The summed E-state index contributed by atoms with van der Waals surface area (Å²) in [5.41, 5.74) is 9.85. The molecule has 0 saturated heterocycles. The Morgan fingerprint density at radius 1 is 1.19 bits per heavy atom. The van der Waals surface area contributed by atoms with Gasteiger partial charge in [-0.1, -0.05) is 6.42 Å². The van der Waals surface area contributed by atoms with E-state index in [1.54, 1.807) is 0 Å². The first-order valence-electron chi connectivity index (χ1n) is 6.45. The molecule has 0 amide bonds. The standard InChI is InChI=1S/C14H26N2/c1-11(2)16-12(3)10-14(13(16)4)8-6-5-7-9-15/h10-11H,5-9,15H2,1-4H3. The molecule has 0 aliphatic carbocycles. The van der Waals surface area contributed by atoms with Crippen molar-refractivity contribution in [3.05, 3.63) is 23.0 Å². The molecule has 2 N–H and O–H groups in total. The van der Waals surface area contributed by atoms with E-state index in [1.807, 2.05) is 0 Å². The van der Waals surface area contributed by atoms with Crippen LogP contribution in [0.4, 0.5) is 0 Å². The summed E-state index contributed by atoms with van der Waals surface area (Å²) >= 11 is 0. The number of aryl methyl sites for hydroxylation is 2. The third-order valence-electron chi connectivity index (χ3n) is 3.26. The second-order valence-electron chi connectivity index (χ2n) is 4.96. The topological polar surface area (TPSA) is 30.9 Å². The molecular weight excluding hydrogens is 196 g/mol. The summed E-state index contributed by atoms with van der Waals surface area (Å²) in [7, 11) is 0. The molecule has 0 saturated carbocycles. The monoisotopic (exact) mass is 222 g/mol. The van der Waals surface area contributed by atoms with E-state index in [-0.39, 0.29) is 0 Å². The van der Waals surface area contributed by atoms with E-state index in [2.05, 4.69) is 38.3 Å². The highest BCUT2D eigenvalue weighted by molar-refractivity contribution is 5.27. The van der Waals surface area contributed by atoms with Gasteiger partial charge in [-0.15, -0.1) is 0 Å². The van der Waals surface area contributed by atoms with Crippen LogP contribution in [0.25, 0.3) is 0 Å². The van der Waals surface area contributed by atoms with Crippen LogP contribution in [0.5, 0.6) is 0 Å². The highest BCUT2D eigenvalue weighted by Crippen LogP contribution is 2.21. The lowest BCUT2D eigenvalue weighted by molar-refractivity contribution is 0.571. The van der Waals surface area contributed by atoms with Crippen molar-refractivity contribution in [2.75, 3.05) is 6.54 Å². The van der Waals surface area contributed by atoms with Gasteiger partial charge in [-0.25, -0.2) is 0 Å². The van der Waals surface area contributed by atoms with Crippen LogP contribution >= 0.6 is 0 Å². The molecule has 2 nitrogen and oxygen atoms in total. The maximum absolute atomic E-state index is 5.50. The zero-order valence-electron chi connectivity index (χ0n) is 11.2. The molecule has 0 radical (unpaired) electrons. The van der Waals surface area contributed by atoms with Crippen LogP contribution in [0, 0.1) is 13.8 Å². The Labute approximate surface area is 99.8 Å². The first-order chi connectivity index (χ1) is 7.57. The quantitative estimate of drug-likeness (QED) is 0.735. The predicted octanol–water partition coefficient (Wildman–Crippen LogP) is 3.36. The minimum Gasteiger partial charge on any atom is -0.346 e. The highest BCUT2D eigenvalue weighted by Gasteiger charge is 2.10.